The van der Waals surface area contributed by atoms with Gasteiger partial charge in [0.15, 0.2) is 0 Å². The zero-order valence-corrected chi connectivity index (χ0v) is 11.9. The molecule has 2 aromatic carbocycles. The molecule has 1 saturated heterocycles. The normalized spacial score (nSPS) is 19.5. The molecule has 21 heavy (non-hydrogen) atoms. The third kappa shape index (κ3) is 1.75. The Morgan fingerprint density at radius 1 is 1.10 bits per heavy atom. The number of hydrogen-bond acceptors (Lipinski definition) is 1. The summed E-state index contributed by atoms with van der Waals surface area (Å²) in [6.45, 7) is 3.81. The molecule has 0 saturated carbocycles. The lowest BCUT2D eigenvalue weighted by Gasteiger charge is -2.23. The summed E-state index contributed by atoms with van der Waals surface area (Å²) in [4.78, 5) is 13.8. The zero-order valence-electron chi connectivity index (χ0n) is 11.9. The van der Waals surface area contributed by atoms with Crippen molar-refractivity contribution in [3.05, 3.63) is 71.9 Å². The van der Waals surface area contributed by atoms with Gasteiger partial charge in [-0.15, -0.1) is 0 Å². The summed E-state index contributed by atoms with van der Waals surface area (Å²) < 4.78 is 0. The summed E-state index contributed by atoms with van der Waals surface area (Å²) >= 11 is 0. The van der Waals surface area contributed by atoms with E-state index in [4.69, 9.17) is 0 Å². The second kappa shape index (κ2) is 4.59. The smallest absolute Gasteiger partial charge is 0.227 e. The van der Waals surface area contributed by atoms with Gasteiger partial charge in [-0.05, 0) is 40.7 Å². The van der Waals surface area contributed by atoms with Crippen LogP contribution in [-0.2, 0) is 11.2 Å². The van der Waals surface area contributed by atoms with Crippen LogP contribution in [0.25, 0.3) is 11.1 Å². The van der Waals surface area contributed by atoms with Crippen LogP contribution in [0, 0.1) is 0 Å². The SMILES string of the molecule is C=CN1C(=O)CCC1c1cccc2c1Cc1ccccc1-2. The molecular weight excluding hydrogens is 258 g/mol. The van der Waals surface area contributed by atoms with E-state index in [-0.39, 0.29) is 11.9 Å². The molecule has 1 aliphatic carbocycles. The summed E-state index contributed by atoms with van der Waals surface area (Å²) in [5.41, 5.74) is 6.71. The third-order valence-electron chi connectivity index (χ3n) is 4.70. The molecule has 0 aromatic heterocycles. The molecule has 1 atom stereocenters. The van der Waals surface area contributed by atoms with Crippen molar-refractivity contribution in [2.75, 3.05) is 0 Å². The molecule has 0 N–H and O–H groups in total. The second-order valence-electron chi connectivity index (χ2n) is 5.75. The van der Waals surface area contributed by atoms with Crippen LogP contribution in [0.2, 0.25) is 0 Å². The molecule has 1 amide bonds. The van der Waals surface area contributed by atoms with Crippen LogP contribution < -0.4 is 0 Å². The van der Waals surface area contributed by atoms with Crippen molar-refractivity contribution in [2.45, 2.75) is 25.3 Å². The van der Waals surface area contributed by atoms with Gasteiger partial charge in [0.25, 0.3) is 0 Å². The molecule has 0 spiro atoms. The lowest BCUT2D eigenvalue weighted by Crippen LogP contribution is -2.22. The fourth-order valence-electron chi connectivity index (χ4n) is 3.73. The van der Waals surface area contributed by atoms with Crippen LogP contribution in [0.5, 0.6) is 0 Å². The topological polar surface area (TPSA) is 20.3 Å². The Labute approximate surface area is 124 Å². The van der Waals surface area contributed by atoms with Crippen molar-refractivity contribution < 1.29 is 4.79 Å². The summed E-state index contributed by atoms with van der Waals surface area (Å²) in [5.74, 6) is 0.183. The number of carbonyl (C=O) groups excluding carboxylic acids is 1. The number of nitrogens with zero attached hydrogens (tertiary/aromatic N) is 1. The molecule has 1 aliphatic heterocycles. The number of likely N-dealkylation sites (tertiary alicyclic amines) is 1. The number of fused-ring (bicyclic) bond motifs is 3. The van der Waals surface area contributed by atoms with Gasteiger partial charge in [0, 0.05) is 12.6 Å². The molecule has 2 aromatic rings. The van der Waals surface area contributed by atoms with Crippen molar-refractivity contribution in [1.82, 2.24) is 4.90 Å². The van der Waals surface area contributed by atoms with E-state index in [9.17, 15) is 4.79 Å². The first kappa shape index (κ1) is 12.4. The Morgan fingerprint density at radius 3 is 2.76 bits per heavy atom. The maximum absolute atomic E-state index is 12.0. The fraction of sp³-hybridized carbons (Fsp3) is 0.211. The standard InChI is InChI=1S/C19H17NO/c1-2-20-18(10-11-19(20)21)16-9-5-8-15-14-7-4-3-6-13(14)12-17(15)16/h2-9,18H,1,10-12H2. The molecule has 1 heterocycles. The van der Waals surface area contributed by atoms with Gasteiger partial charge < -0.3 is 4.90 Å². The van der Waals surface area contributed by atoms with E-state index in [0.717, 1.165) is 12.8 Å². The van der Waals surface area contributed by atoms with Crippen molar-refractivity contribution in [3.8, 4) is 11.1 Å². The molecule has 1 fully saturated rings. The minimum Gasteiger partial charge on any atom is -0.312 e. The minimum atomic E-state index is 0.152. The van der Waals surface area contributed by atoms with Crippen molar-refractivity contribution in [2.24, 2.45) is 0 Å². The van der Waals surface area contributed by atoms with Gasteiger partial charge in [-0.2, -0.15) is 0 Å². The molecule has 4 rings (SSSR count). The Hall–Kier alpha value is -2.35. The van der Waals surface area contributed by atoms with E-state index in [1.165, 1.54) is 27.8 Å². The lowest BCUT2D eigenvalue weighted by molar-refractivity contribution is -0.126. The molecular formula is C19H17NO. The monoisotopic (exact) mass is 275 g/mol. The van der Waals surface area contributed by atoms with Gasteiger partial charge in [0.05, 0.1) is 6.04 Å². The Balaban J connectivity index is 1.83. The fourth-order valence-corrected chi connectivity index (χ4v) is 3.73. The number of carbonyl (C=O) groups is 1. The Kier molecular flexibility index (Phi) is 2.71. The van der Waals surface area contributed by atoms with Crippen molar-refractivity contribution in [1.29, 1.82) is 0 Å². The molecule has 104 valence electrons. The maximum Gasteiger partial charge on any atom is 0.227 e. The highest BCUT2D eigenvalue weighted by Gasteiger charge is 2.33. The lowest BCUT2D eigenvalue weighted by atomic mass is 9.95. The minimum absolute atomic E-state index is 0.152. The highest BCUT2D eigenvalue weighted by atomic mass is 16.2. The van der Waals surface area contributed by atoms with Crippen molar-refractivity contribution in [3.63, 3.8) is 0 Å². The van der Waals surface area contributed by atoms with Crippen LogP contribution in [-0.4, -0.2) is 10.8 Å². The van der Waals surface area contributed by atoms with Gasteiger partial charge in [0.2, 0.25) is 5.91 Å². The molecule has 2 heteroatoms. The summed E-state index contributed by atoms with van der Waals surface area (Å²) in [5, 5.41) is 0. The highest BCUT2D eigenvalue weighted by Crippen LogP contribution is 2.43. The van der Waals surface area contributed by atoms with Gasteiger partial charge in [-0.1, -0.05) is 49.0 Å². The van der Waals surface area contributed by atoms with Crippen molar-refractivity contribution >= 4 is 5.91 Å². The summed E-state index contributed by atoms with van der Waals surface area (Å²) in [7, 11) is 0. The quantitative estimate of drug-likeness (QED) is 0.690. The van der Waals surface area contributed by atoms with Gasteiger partial charge in [0.1, 0.15) is 0 Å². The summed E-state index contributed by atoms with van der Waals surface area (Å²) in [6.07, 6.45) is 4.16. The van der Waals surface area contributed by atoms with E-state index in [0.29, 0.717) is 6.42 Å². The molecule has 1 unspecified atom stereocenters. The first-order valence-corrected chi connectivity index (χ1v) is 7.43. The van der Waals surface area contributed by atoms with Gasteiger partial charge >= 0.3 is 0 Å². The van der Waals surface area contributed by atoms with Crippen LogP contribution in [0.3, 0.4) is 0 Å². The summed E-state index contributed by atoms with van der Waals surface area (Å²) in [6, 6.07) is 15.2. The average molecular weight is 275 g/mol. The number of amides is 1. The van der Waals surface area contributed by atoms with E-state index in [1.54, 1.807) is 11.1 Å². The third-order valence-corrected chi connectivity index (χ3v) is 4.70. The molecule has 2 aliphatic rings. The number of hydrogen-bond donors (Lipinski definition) is 0. The predicted octanol–water partition coefficient (Wildman–Crippen LogP) is 4.06. The second-order valence-corrected chi connectivity index (χ2v) is 5.75. The van der Waals surface area contributed by atoms with Gasteiger partial charge in [-0.25, -0.2) is 0 Å². The molecule has 0 bridgehead atoms. The largest absolute Gasteiger partial charge is 0.312 e. The van der Waals surface area contributed by atoms with Gasteiger partial charge in [-0.3, -0.25) is 4.79 Å². The van der Waals surface area contributed by atoms with Crippen LogP contribution in [0.4, 0.5) is 0 Å². The highest BCUT2D eigenvalue weighted by molar-refractivity contribution is 5.82. The first-order chi connectivity index (χ1) is 10.3. The van der Waals surface area contributed by atoms with E-state index < -0.39 is 0 Å². The van der Waals surface area contributed by atoms with Crippen LogP contribution in [0.15, 0.2) is 55.2 Å². The number of rotatable bonds is 2. The molecule has 2 nitrogen and oxygen atoms in total. The van der Waals surface area contributed by atoms with Crippen LogP contribution in [0.1, 0.15) is 35.6 Å². The maximum atomic E-state index is 12.0. The van der Waals surface area contributed by atoms with E-state index in [1.807, 2.05) is 0 Å². The zero-order chi connectivity index (χ0) is 14.4. The Morgan fingerprint density at radius 2 is 1.90 bits per heavy atom. The molecule has 0 radical (unpaired) electrons. The Bertz CT molecular complexity index is 747. The first-order valence-electron chi connectivity index (χ1n) is 7.43. The average Bonchev–Trinajstić information content (AvgIpc) is 3.07. The number of benzene rings is 2. The van der Waals surface area contributed by atoms with E-state index >= 15 is 0 Å². The van der Waals surface area contributed by atoms with Crippen LogP contribution >= 0.6 is 0 Å². The predicted molar refractivity (Wildman–Crippen MR) is 83.7 cm³/mol. The van der Waals surface area contributed by atoms with E-state index in [2.05, 4.69) is 49.0 Å².